The number of aromatic nitrogens is 1. The van der Waals surface area contributed by atoms with Crippen molar-refractivity contribution in [2.45, 2.75) is 18.4 Å². The van der Waals surface area contributed by atoms with E-state index in [1.165, 1.54) is 39.9 Å². The molecule has 1 aliphatic heterocycles. The largest absolute Gasteiger partial charge is 0.493 e. The number of morpholine rings is 1. The number of hydrogen-bond acceptors (Lipinski definition) is 7. The Bertz CT molecular complexity index is 1340. The van der Waals surface area contributed by atoms with Gasteiger partial charge in [-0.2, -0.15) is 9.30 Å². The van der Waals surface area contributed by atoms with Crippen LogP contribution in [0.25, 0.3) is 10.2 Å². The number of nitrogens with zero attached hydrogens (tertiary/aromatic N) is 3. The highest BCUT2D eigenvalue weighted by atomic mass is 32.2. The number of rotatable bonds is 6. The average Bonchev–Trinajstić information content (AvgIpc) is 3.19. The highest BCUT2D eigenvalue weighted by Gasteiger charge is 2.26. The van der Waals surface area contributed by atoms with Gasteiger partial charge >= 0.3 is 0 Å². The zero-order chi connectivity index (χ0) is 23.6. The van der Waals surface area contributed by atoms with Crippen molar-refractivity contribution in [1.82, 2.24) is 8.87 Å². The summed E-state index contributed by atoms with van der Waals surface area (Å²) in [4.78, 5) is 17.9. The fraction of sp³-hybridized carbons (Fsp3) is 0.364. The van der Waals surface area contributed by atoms with Crippen molar-refractivity contribution < 1.29 is 27.4 Å². The highest BCUT2D eigenvalue weighted by Crippen LogP contribution is 2.33. The second kappa shape index (κ2) is 9.64. The smallest absolute Gasteiger partial charge is 0.279 e. The van der Waals surface area contributed by atoms with E-state index in [1.54, 1.807) is 14.2 Å². The Morgan fingerprint density at radius 1 is 1.09 bits per heavy atom. The number of amides is 1. The lowest BCUT2D eigenvalue weighted by atomic mass is 10.2. The van der Waals surface area contributed by atoms with Gasteiger partial charge in [-0.05, 0) is 31.2 Å². The molecule has 9 nitrogen and oxygen atoms in total. The third-order valence-electron chi connectivity index (χ3n) is 5.41. The molecular formula is C22H25N3O6S2. The topological polar surface area (TPSA) is 99.4 Å². The number of ether oxygens (including phenoxy) is 3. The van der Waals surface area contributed by atoms with Gasteiger partial charge in [0.2, 0.25) is 10.0 Å². The predicted molar refractivity (Wildman–Crippen MR) is 125 cm³/mol. The molecule has 3 aromatic rings. The number of aryl methyl sites for hydroxylation is 1. The Morgan fingerprint density at radius 3 is 2.33 bits per heavy atom. The Labute approximate surface area is 195 Å². The molecule has 1 aromatic heterocycles. The van der Waals surface area contributed by atoms with Gasteiger partial charge in [-0.15, -0.1) is 0 Å². The van der Waals surface area contributed by atoms with Crippen molar-refractivity contribution in [3.05, 3.63) is 46.8 Å². The van der Waals surface area contributed by atoms with E-state index in [0.29, 0.717) is 54.7 Å². The van der Waals surface area contributed by atoms with Gasteiger partial charge < -0.3 is 18.8 Å². The van der Waals surface area contributed by atoms with E-state index < -0.39 is 15.9 Å². The summed E-state index contributed by atoms with van der Waals surface area (Å²) in [5.41, 5.74) is 1.20. The summed E-state index contributed by atoms with van der Waals surface area (Å²) in [6.45, 7) is 3.96. The standard InChI is InChI=1S/C22H25N3O6S2/c1-4-25-17-13-18(29-2)19(30-3)14-20(17)32-22(25)23-21(26)15-5-7-16(8-6-15)33(27,28)24-9-11-31-12-10-24/h5-8,13-14H,4,9-12H2,1-3H3. The predicted octanol–water partition coefficient (Wildman–Crippen LogP) is 2.50. The second-order valence-electron chi connectivity index (χ2n) is 7.26. The molecule has 1 aliphatic rings. The summed E-state index contributed by atoms with van der Waals surface area (Å²) >= 11 is 1.37. The SMILES string of the molecule is CCn1c(=NC(=O)c2ccc(S(=O)(=O)N3CCOCC3)cc2)sc2cc(OC)c(OC)cc21. The molecule has 0 radical (unpaired) electrons. The summed E-state index contributed by atoms with van der Waals surface area (Å²) in [7, 11) is -0.473. The van der Waals surface area contributed by atoms with E-state index in [-0.39, 0.29) is 4.90 Å². The number of sulfonamides is 1. The van der Waals surface area contributed by atoms with Crippen LogP contribution in [0.3, 0.4) is 0 Å². The molecule has 4 rings (SSSR count). The lowest BCUT2D eigenvalue weighted by molar-refractivity contribution is 0.0730. The van der Waals surface area contributed by atoms with Crippen LogP contribution in [0.4, 0.5) is 0 Å². The number of carbonyl (C=O) groups excluding carboxylic acids is 1. The number of carbonyl (C=O) groups is 1. The zero-order valence-electron chi connectivity index (χ0n) is 18.6. The molecule has 1 fully saturated rings. The van der Waals surface area contributed by atoms with Crippen molar-refractivity contribution in [1.29, 1.82) is 0 Å². The van der Waals surface area contributed by atoms with Crippen LogP contribution in [0, 0.1) is 0 Å². The van der Waals surface area contributed by atoms with E-state index in [4.69, 9.17) is 14.2 Å². The van der Waals surface area contributed by atoms with Crippen LogP contribution < -0.4 is 14.3 Å². The minimum Gasteiger partial charge on any atom is -0.493 e. The van der Waals surface area contributed by atoms with Crippen molar-refractivity contribution in [2.24, 2.45) is 4.99 Å². The van der Waals surface area contributed by atoms with E-state index in [0.717, 1.165) is 10.2 Å². The van der Waals surface area contributed by atoms with Gasteiger partial charge in [0.1, 0.15) is 0 Å². The van der Waals surface area contributed by atoms with Gasteiger partial charge in [0.25, 0.3) is 5.91 Å². The summed E-state index contributed by atoms with van der Waals surface area (Å²) in [5, 5.41) is 0. The van der Waals surface area contributed by atoms with Crippen molar-refractivity contribution in [3.63, 3.8) is 0 Å². The average molecular weight is 492 g/mol. The summed E-state index contributed by atoms with van der Waals surface area (Å²) in [6.07, 6.45) is 0. The fourth-order valence-electron chi connectivity index (χ4n) is 3.64. The molecule has 0 atom stereocenters. The van der Waals surface area contributed by atoms with Crippen LogP contribution in [0.2, 0.25) is 0 Å². The first-order chi connectivity index (χ1) is 15.9. The van der Waals surface area contributed by atoms with Crippen LogP contribution in [-0.2, 0) is 21.3 Å². The maximum absolute atomic E-state index is 12.9. The molecule has 33 heavy (non-hydrogen) atoms. The van der Waals surface area contributed by atoms with Crippen LogP contribution >= 0.6 is 11.3 Å². The minimum atomic E-state index is -3.62. The number of methoxy groups -OCH3 is 2. The lowest BCUT2D eigenvalue weighted by Gasteiger charge is -2.26. The van der Waals surface area contributed by atoms with E-state index in [2.05, 4.69) is 4.99 Å². The number of benzene rings is 2. The third-order valence-corrected chi connectivity index (χ3v) is 8.36. The molecular weight excluding hydrogens is 466 g/mol. The fourth-order valence-corrected chi connectivity index (χ4v) is 6.15. The Hall–Kier alpha value is -2.73. The quantitative estimate of drug-likeness (QED) is 0.525. The maximum atomic E-state index is 12.9. The number of fused-ring (bicyclic) bond motifs is 1. The van der Waals surface area contributed by atoms with Crippen LogP contribution in [0.15, 0.2) is 46.3 Å². The lowest BCUT2D eigenvalue weighted by Crippen LogP contribution is -2.40. The summed E-state index contributed by atoms with van der Waals surface area (Å²) in [6, 6.07) is 9.61. The molecule has 2 heterocycles. The Kier molecular flexibility index (Phi) is 6.84. The van der Waals surface area contributed by atoms with Gasteiger partial charge in [0, 0.05) is 37.3 Å². The Balaban J connectivity index is 1.66. The van der Waals surface area contributed by atoms with Crippen LogP contribution in [0.1, 0.15) is 17.3 Å². The van der Waals surface area contributed by atoms with Gasteiger partial charge in [-0.1, -0.05) is 11.3 Å². The molecule has 1 saturated heterocycles. The van der Waals surface area contributed by atoms with Crippen molar-refractivity contribution >= 4 is 37.5 Å². The molecule has 0 bridgehead atoms. The van der Waals surface area contributed by atoms with E-state index in [1.807, 2.05) is 23.6 Å². The molecule has 176 valence electrons. The van der Waals surface area contributed by atoms with E-state index in [9.17, 15) is 13.2 Å². The monoisotopic (exact) mass is 491 g/mol. The molecule has 0 spiro atoms. The summed E-state index contributed by atoms with van der Waals surface area (Å²) in [5.74, 6) is 0.752. The maximum Gasteiger partial charge on any atom is 0.279 e. The van der Waals surface area contributed by atoms with Crippen LogP contribution in [0.5, 0.6) is 11.5 Å². The first kappa shape index (κ1) is 23.4. The van der Waals surface area contributed by atoms with E-state index >= 15 is 0 Å². The summed E-state index contributed by atoms with van der Waals surface area (Å²) < 4.78 is 45.8. The van der Waals surface area contributed by atoms with Crippen molar-refractivity contribution in [3.8, 4) is 11.5 Å². The van der Waals surface area contributed by atoms with Crippen LogP contribution in [-0.4, -0.2) is 63.7 Å². The minimum absolute atomic E-state index is 0.144. The number of thiazole rings is 1. The molecule has 0 unspecified atom stereocenters. The number of hydrogen-bond donors (Lipinski definition) is 0. The zero-order valence-corrected chi connectivity index (χ0v) is 20.2. The van der Waals surface area contributed by atoms with Gasteiger partial charge in [-0.3, -0.25) is 4.79 Å². The molecule has 11 heteroatoms. The van der Waals surface area contributed by atoms with Crippen molar-refractivity contribution in [2.75, 3.05) is 40.5 Å². The van der Waals surface area contributed by atoms with Gasteiger partial charge in [-0.25, -0.2) is 8.42 Å². The first-order valence-corrected chi connectivity index (χ1v) is 12.7. The molecule has 2 aromatic carbocycles. The van der Waals surface area contributed by atoms with Gasteiger partial charge in [0.05, 0.1) is 42.5 Å². The normalized spacial score (nSPS) is 15.7. The highest BCUT2D eigenvalue weighted by molar-refractivity contribution is 7.89. The molecule has 0 aliphatic carbocycles. The second-order valence-corrected chi connectivity index (χ2v) is 10.2. The third kappa shape index (κ3) is 4.54. The van der Waals surface area contributed by atoms with Gasteiger partial charge in [0.15, 0.2) is 16.3 Å². The molecule has 0 saturated carbocycles. The first-order valence-electron chi connectivity index (χ1n) is 10.4. The molecule has 1 amide bonds. The Morgan fingerprint density at radius 2 is 1.73 bits per heavy atom. The molecule has 0 N–H and O–H groups in total.